The van der Waals surface area contributed by atoms with Crippen molar-refractivity contribution in [2.24, 2.45) is 0 Å². The molecule has 6 nitrogen and oxygen atoms in total. The van der Waals surface area contributed by atoms with E-state index >= 15 is 0 Å². The van der Waals surface area contributed by atoms with Crippen LogP contribution in [0, 0.1) is 6.92 Å². The fourth-order valence-electron chi connectivity index (χ4n) is 2.61. The van der Waals surface area contributed by atoms with Gasteiger partial charge in [-0.2, -0.15) is 0 Å². The highest BCUT2D eigenvalue weighted by Gasteiger charge is 2.37. The third kappa shape index (κ3) is 3.98. The van der Waals surface area contributed by atoms with E-state index in [0.717, 1.165) is 24.8 Å². The standard InChI is InChI=1S/C16H21NO5/c1-11-9-12(22-10-14(18)19)5-6-13(11)17-15(20)16(21)7-3-2-4-8-16/h5-6,9,21H,2-4,7-8,10H2,1H3,(H,17,20)(H,18,19). The number of benzene rings is 1. The van der Waals surface area contributed by atoms with E-state index < -0.39 is 18.2 Å². The molecule has 3 N–H and O–H groups in total. The number of amides is 1. The van der Waals surface area contributed by atoms with E-state index in [9.17, 15) is 14.7 Å². The summed E-state index contributed by atoms with van der Waals surface area (Å²) in [6, 6.07) is 4.90. The highest BCUT2D eigenvalue weighted by atomic mass is 16.5. The zero-order chi connectivity index (χ0) is 16.2. The summed E-state index contributed by atoms with van der Waals surface area (Å²) in [5.41, 5.74) is 0.0470. The van der Waals surface area contributed by atoms with E-state index in [1.807, 2.05) is 0 Å². The Morgan fingerprint density at radius 2 is 1.95 bits per heavy atom. The van der Waals surface area contributed by atoms with Gasteiger partial charge >= 0.3 is 5.97 Å². The molecule has 0 heterocycles. The summed E-state index contributed by atoms with van der Waals surface area (Å²) in [7, 11) is 0. The molecule has 1 fully saturated rings. The molecule has 0 aliphatic heterocycles. The minimum atomic E-state index is -1.29. The van der Waals surface area contributed by atoms with Gasteiger partial charge in [0.25, 0.3) is 5.91 Å². The molecule has 1 aromatic carbocycles. The summed E-state index contributed by atoms with van der Waals surface area (Å²) in [4.78, 5) is 22.7. The number of aliphatic carboxylic acids is 1. The molecule has 1 aromatic rings. The van der Waals surface area contributed by atoms with Crippen LogP contribution in [-0.2, 0) is 9.59 Å². The number of aliphatic hydroxyl groups is 1. The summed E-state index contributed by atoms with van der Waals surface area (Å²) in [5, 5.41) is 21.7. The maximum Gasteiger partial charge on any atom is 0.341 e. The summed E-state index contributed by atoms with van der Waals surface area (Å²) in [5.74, 6) is -1.00. The van der Waals surface area contributed by atoms with Gasteiger partial charge in [-0.1, -0.05) is 19.3 Å². The Balaban J connectivity index is 2.03. The molecule has 0 unspecified atom stereocenters. The zero-order valence-electron chi connectivity index (χ0n) is 12.6. The van der Waals surface area contributed by atoms with Crippen LogP contribution >= 0.6 is 0 Å². The van der Waals surface area contributed by atoms with Crippen LogP contribution in [0.4, 0.5) is 5.69 Å². The average Bonchev–Trinajstić information content (AvgIpc) is 2.48. The van der Waals surface area contributed by atoms with Gasteiger partial charge in [0.05, 0.1) is 0 Å². The molecular formula is C16H21NO5. The van der Waals surface area contributed by atoms with E-state index in [0.29, 0.717) is 24.3 Å². The number of anilines is 1. The number of hydrogen-bond donors (Lipinski definition) is 3. The Labute approximate surface area is 129 Å². The quantitative estimate of drug-likeness (QED) is 0.774. The number of hydrogen-bond acceptors (Lipinski definition) is 4. The molecule has 0 saturated heterocycles. The van der Waals surface area contributed by atoms with Gasteiger partial charge in [0.1, 0.15) is 11.4 Å². The van der Waals surface area contributed by atoms with Crippen LogP contribution in [-0.4, -0.2) is 34.3 Å². The van der Waals surface area contributed by atoms with Crippen LogP contribution < -0.4 is 10.1 Å². The van der Waals surface area contributed by atoms with E-state index in [1.54, 1.807) is 25.1 Å². The topological polar surface area (TPSA) is 95.9 Å². The van der Waals surface area contributed by atoms with Gasteiger partial charge in [-0.25, -0.2) is 4.79 Å². The van der Waals surface area contributed by atoms with Crippen molar-refractivity contribution < 1.29 is 24.5 Å². The molecule has 1 aliphatic rings. The lowest BCUT2D eigenvalue weighted by Gasteiger charge is -2.30. The molecule has 0 radical (unpaired) electrons. The second-order valence-corrected chi connectivity index (χ2v) is 5.71. The fraction of sp³-hybridized carbons (Fsp3) is 0.500. The van der Waals surface area contributed by atoms with Gasteiger partial charge in [0, 0.05) is 5.69 Å². The number of carbonyl (C=O) groups excluding carboxylic acids is 1. The summed E-state index contributed by atoms with van der Waals surface area (Å²) < 4.78 is 5.08. The Bertz CT molecular complexity index is 564. The maximum atomic E-state index is 12.3. The molecule has 120 valence electrons. The largest absolute Gasteiger partial charge is 0.482 e. The highest BCUT2D eigenvalue weighted by Crippen LogP contribution is 2.30. The van der Waals surface area contributed by atoms with Gasteiger partial charge in [-0.15, -0.1) is 0 Å². The number of carboxylic acids is 1. The van der Waals surface area contributed by atoms with Crippen molar-refractivity contribution in [1.29, 1.82) is 0 Å². The van der Waals surface area contributed by atoms with Gasteiger partial charge < -0.3 is 20.3 Å². The second-order valence-electron chi connectivity index (χ2n) is 5.71. The third-order valence-electron chi connectivity index (χ3n) is 3.91. The Morgan fingerprint density at radius 3 is 2.55 bits per heavy atom. The smallest absolute Gasteiger partial charge is 0.341 e. The zero-order valence-corrected chi connectivity index (χ0v) is 12.6. The first-order valence-electron chi connectivity index (χ1n) is 7.40. The molecule has 22 heavy (non-hydrogen) atoms. The van der Waals surface area contributed by atoms with Crippen molar-refractivity contribution in [1.82, 2.24) is 0 Å². The number of nitrogens with one attached hydrogen (secondary N) is 1. The molecule has 1 amide bonds. The lowest BCUT2D eigenvalue weighted by atomic mass is 9.84. The summed E-state index contributed by atoms with van der Waals surface area (Å²) in [6.45, 7) is 1.37. The molecule has 0 aromatic heterocycles. The summed E-state index contributed by atoms with van der Waals surface area (Å²) in [6.07, 6.45) is 3.72. The van der Waals surface area contributed by atoms with Crippen LogP contribution in [0.5, 0.6) is 5.75 Å². The fourth-order valence-corrected chi connectivity index (χ4v) is 2.61. The van der Waals surface area contributed by atoms with Gasteiger partial charge in [0.2, 0.25) is 0 Å². The minimum absolute atomic E-state index is 0.380. The lowest BCUT2D eigenvalue weighted by Crippen LogP contribution is -2.44. The van der Waals surface area contributed by atoms with Crippen LogP contribution in [0.1, 0.15) is 37.7 Å². The van der Waals surface area contributed by atoms with Crippen LogP contribution in [0.2, 0.25) is 0 Å². The summed E-state index contributed by atoms with van der Waals surface area (Å²) >= 11 is 0. The van der Waals surface area contributed by atoms with Crippen molar-refractivity contribution in [2.45, 2.75) is 44.6 Å². The Morgan fingerprint density at radius 1 is 1.27 bits per heavy atom. The van der Waals surface area contributed by atoms with Gasteiger partial charge in [0.15, 0.2) is 6.61 Å². The number of carboxylic acid groups (broad SMARTS) is 1. The molecule has 2 rings (SSSR count). The number of rotatable bonds is 5. The van der Waals surface area contributed by atoms with E-state index in [2.05, 4.69) is 5.32 Å². The van der Waals surface area contributed by atoms with E-state index in [-0.39, 0.29) is 5.91 Å². The number of aryl methyl sites for hydroxylation is 1. The lowest BCUT2D eigenvalue weighted by molar-refractivity contribution is -0.139. The van der Waals surface area contributed by atoms with Crippen molar-refractivity contribution >= 4 is 17.6 Å². The molecule has 0 spiro atoms. The normalized spacial score (nSPS) is 16.8. The van der Waals surface area contributed by atoms with Crippen molar-refractivity contribution in [2.75, 3.05) is 11.9 Å². The van der Waals surface area contributed by atoms with Crippen LogP contribution in [0.3, 0.4) is 0 Å². The molecule has 0 bridgehead atoms. The highest BCUT2D eigenvalue weighted by molar-refractivity contribution is 5.97. The minimum Gasteiger partial charge on any atom is -0.482 e. The predicted molar refractivity (Wildman–Crippen MR) is 81.0 cm³/mol. The SMILES string of the molecule is Cc1cc(OCC(=O)O)ccc1NC(=O)C1(O)CCCCC1. The second kappa shape index (κ2) is 6.79. The molecule has 0 atom stereocenters. The molecule has 6 heteroatoms. The first-order chi connectivity index (χ1) is 10.4. The predicted octanol–water partition coefficient (Wildman–Crippen LogP) is 2.09. The van der Waals surface area contributed by atoms with Gasteiger partial charge in [-0.3, -0.25) is 4.79 Å². The molecular weight excluding hydrogens is 286 g/mol. The van der Waals surface area contributed by atoms with Gasteiger partial charge in [-0.05, 0) is 43.5 Å². The van der Waals surface area contributed by atoms with Crippen molar-refractivity contribution in [3.05, 3.63) is 23.8 Å². The third-order valence-corrected chi connectivity index (χ3v) is 3.91. The van der Waals surface area contributed by atoms with E-state index in [4.69, 9.17) is 9.84 Å². The monoisotopic (exact) mass is 307 g/mol. The van der Waals surface area contributed by atoms with Crippen molar-refractivity contribution in [3.8, 4) is 5.75 Å². The number of ether oxygens (including phenoxy) is 1. The van der Waals surface area contributed by atoms with E-state index in [1.165, 1.54) is 0 Å². The first-order valence-corrected chi connectivity index (χ1v) is 7.40. The van der Waals surface area contributed by atoms with Crippen LogP contribution in [0.25, 0.3) is 0 Å². The average molecular weight is 307 g/mol. The first kappa shape index (κ1) is 16.3. The van der Waals surface area contributed by atoms with Crippen LogP contribution in [0.15, 0.2) is 18.2 Å². The Kier molecular flexibility index (Phi) is 5.03. The molecule has 1 aliphatic carbocycles. The molecule has 1 saturated carbocycles. The number of carbonyl (C=O) groups is 2. The van der Waals surface area contributed by atoms with Crippen molar-refractivity contribution in [3.63, 3.8) is 0 Å². The maximum absolute atomic E-state index is 12.3. The Hall–Kier alpha value is -2.08.